The molecule has 4 rings (SSSR count). The van der Waals surface area contributed by atoms with Crippen LogP contribution in [0.4, 0.5) is 11.4 Å². The highest BCUT2D eigenvalue weighted by molar-refractivity contribution is 7.92. The third kappa shape index (κ3) is 4.69. The molecule has 33 heavy (non-hydrogen) atoms. The largest absolute Gasteiger partial charge is 0.497 e. The molecule has 0 atom stereocenters. The molecular weight excluding hydrogens is 466 g/mol. The molecule has 0 fully saturated rings. The van der Waals surface area contributed by atoms with Crippen LogP contribution in [-0.4, -0.2) is 33.5 Å². The SMILES string of the molecule is COc1ccc(NC(=O)c2ccccc2NS(=O)(=O)c2ccc3sc(=O)[nH]c3c2)c(OC)c1. The number of nitrogens with one attached hydrogen (secondary N) is 3. The van der Waals surface area contributed by atoms with Crippen molar-refractivity contribution >= 4 is 48.9 Å². The lowest BCUT2D eigenvalue weighted by molar-refractivity contribution is 0.102. The van der Waals surface area contributed by atoms with Crippen LogP contribution in [0, 0.1) is 0 Å². The molecule has 1 amide bonds. The van der Waals surface area contributed by atoms with E-state index < -0.39 is 15.9 Å². The summed E-state index contributed by atoms with van der Waals surface area (Å²) >= 11 is 0.991. The van der Waals surface area contributed by atoms with E-state index >= 15 is 0 Å². The van der Waals surface area contributed by atoms with Gasteiger partial charge in [0.2, 0.25) is 0 Å². The van der Waals surface area contributed by atoms with Gasteiger partial charge in [-0.3, -0.25) is 14.3 Å². The van der Waals surface area contributed by atoms with Crippen LogP contribution in [0.3, 0.4) is 0 Å². The number of carbonyl (C=O) groups is 1. The van der Waals surface area contributed by atoms with Crippen LogP contribution < -0.4 is 24.4 Å². The first-order valence-electron chi connectivity index (χ1n) is 9.59. The Kier molecular flexibility index (Phi) is 6.07. The Labute approximate surface area is 193 Å². The van der Waals surface area contributed by atoms with Crippen molar-refractivity contribution in [1.82, 2.24) is 4.98 Å². The summed E-state index contributed by atoms with van der Waals surface area (Å²) < 4.78 is 39.5. The van der Waals surface area contributed by atoms with Crippen molar-refractivity contribution in [3.05, 3.63) is 75.9 Å². The van der Waals surface area contributed by atoms with Gasteiger partial charge in [0.05, 0.1) is 46.3 Å². The minimum atomic E-state index is -4.03. The summed E-state index contributed by atoms with van der Waals surface area (Å²) in [7, 11) is -1.06. The number of aromatic nitrogens is 1. The average Bonchev–Trinajstić information content (AvgIpc) is 3.18. The van der Waals surface area contributed by atoms with Crippen LogP contribution in [0.2, 0.25) is 0 Å². The highest BCUT2D eigenvalue weighted by Crippen LogP contribution is 2.30. The van der Waals surface area contributed by atoms with Gasteiger partial charge < -0.3 is 19.8 Å². The van der Waals surface area contributed by atoms with E-state index in [1.54, 1.807) is 36.4 Å². The number of aromatic amines is 1. The van der Waals surface area contributed by atoms with E-state index in [9.17, 15) is 18.0 Å². The van der Waals surface area contributed by atoms with E-state index in [4.69, 9.17) is 9.47 Å². The maximum absolute atomic E-state index is 13.0. The third-order valence-electron chi connectivity index (χ3n) is 4.77. The molecule has 11 heteroatoms. The van der Waals surface area contributed by atoms with Gasteiger partial charge in [-0.2, -0.15) is 0 Å². The number of fused-ring (bicyclic) bond motifs is 1. The number of H-pyrrole nitrogens is 1. The second kappa shape index (κ2) is 8.96. The van der Waals surface area contributed by atoms with Gasteiger partial charge in [-0.25, -0.2) is 8.42 Å². The van der Waals surface area contributed by atoms with E-state index in [0.29, 0.717) is 27.4 Å². The quantitative estimate of drug-likeness (QED) is 0.367. The predicted octanol–water partition coefficient (Wildman–Crippen LogP) is 3.66. The summed E-state index contributed by atoms with van der Waals surface area (Å²) in [6.07, 6.45) is 0. The Morgan fingerprint density at radius 2 is 1.76 bits per heavy atom. The molecule has 0 saturated carbocycles. The fraction of sp³-hybridized carbons (Fsp3) is 0.0909. The van der Waals surface area contributed by atoms with Crippen molar-refractivity contribution in [3.63, 3.8) is 0 Å². The smallest absolute Gasteiger partial charge is 0.305 e. The Balaban J connectivity index is 1.63. The van der Waals surface area contributed by atoms with Crippen molar-refractivity contribution < 1.29 is 22.7 Å². The second-order valence-electron chi connectivity index (χ2n) is 6.84. The summed E-state index contributed by atoms with van der Waals surface area (Å²) in [5, 5.41) is 2.73. The molecule has 0 bridgehead atoms. The summed E-state index contributed by atoms with van der Waals surface area (Å²) in [5.74, 6) is 0.412. The van der Waals surface area contributed by atoms with E-state index in [2.05, 4.69) is 15.0 Å². The monoisotopic (exact) mass is 485 g/mol. The molecule has 170 valence electrons. The molecule has 0 aliphatic rings. The Bertz CT molecular complexity index is 1510. The highest BCUT2D eigenvalue weighted by Gasteiger charge is 2.20. The van der Waals surface area contributed by atoms with Gasteiger partial charge in [0.1, 0.15) is 11.5 Å². The Hall–Kier alpha value is -3.83. The predicted molar refractivity (Wildman–Crippen MR) is 127 cm³/mol. The molecule has 1 heterocycles. The number of carbonyl (C=O) groups excluding carboxylic acids is 1. The number of ether oxygens (including phenoxy) is 2. The number of rotatable bonds is 7. The molecule has 0 radical (unpaired) electrons. The van der Waals surface area contributed by atoms with Crippen molar-refractivity contribution in [1.29, 1.82) is 0 Å². The first kappa shape index (κ1) is 22.4. The molecule has 0 saturated heterocycles. The fourth-order valence-corrected chi connectivity index (χ4v) is 4.99. The molecule has 3 N–H and O–H groups in total. The number of para-hydroxylation sites is 1. The lowest BCUT2D eigenvalue weighted by atomic mass is 10.1. The van der Waals surface area contributed by atoms with Gasteiger partial charge in [0.15, 0.2) is 0 Å². The zero-order valence-electron chi connectivity index (χ0n) is 17.5. The van der Waals surface area contributed by atoms with Gasteiger partial charge in [-0.15, -0.1) is 0 Å². The number of hydrogen-bond donors (Lipinski definition) is 3. The standard InChI is InChI=1S/C22H19N3O6S2/c1-30-13-7-9-17(19(11-13)31-2)23-21(26)15-5-3-4-6-16(15)25-33(28,29)14-8-10-20-18(12-14)24-22(27)32-20/h3-12,25H,1-2H3,(H,23,26)(H,24,27). The van der Waals surface area contributed by atoms with Crippen molar-refractivity contribution in [3.8, 4) is 11.5 Å². The van der Waals surface area contributed by atoms with Crippen LogP contribution in [0.1, 0.15) is 10.4 Å². The van der Waals surface area contributed by atoms with Crippen LogP contribution in [-0.2, 0) is 10.0 Å². The van der Waals surface area contributed by atoms with E-state index in [1.807, 2.05) is 0 Å². The molecule has 0 spiro atoms. The lowest BCUT2D eigenvalue weighted by Crippen LogP contribution is -2.19. The second-order valence-corrected chi connectivity index (χ2v) is 9.54. The minimum absolute atomic E-state index is 0.0453. The topological polar surface area (TPSA) is 127 Å². The van der Waals surface area contributed by atoms with E-state index in [1.165, 1.54) is 38.5 Å². The molecule has 0 aliphatic carbocycles. The normalized spacial score (nSPS) is 11.2. The van der Waals surface area contributed by atoms with Crippen molar-refractivity contribution in [2.24, 2.45) is 0 Å². The molecule has 4 aromatic rings. The fourth-order valence-electron chi connectivity index (χ4n) is 3.16. The molecule has 1 aromatic heterocycles. The van der Waals surface area contributed by atoms with Gasteiger partial charge in [0, 0.05) is 6.07 Å². The number of thiazole rings is 1. The first-order valence-corrected chi connectivity index (χ1v) is 11.9. The molecule has 0 aliphatic heterocycles. The van der Waals surface area contributed by atoms with Crippen LogP contribution in [0.5, 0.6) is 11.5 Å². The number of anilines is 2. The third-order valence-corrected chi connectivity index (χ3v) is 7.00. The molecule has 3 aromatic carbocycles. The van der Waals surface area contributed by atoms with E-state index in [0.717, 1.165) is 11.3 Å². The van der Waals surface area contributed by atoms with Crippen LogP contribution >= 0.6 is 11.3 Å². The van der Waals surface area contributed by atoms with Crippen LogP contribution in [0.25, 0.3) is 10.2 Å². The van der Waals surface area contributed by atoms with Crippen molar-refractivity contribution in [2.75, 3.05) is 24.3 Å². The summed E-state index contributed by atoms with van der Waals surface area (Å²) in [5.41, 5.74) is 1.03. The maximum Gasteiger partial charge on any atom is 0.305 e. The van der Waals surface area contributed by atoms with Gasteiger partial charge >= 0.3 is 4.87 Å². The number of methoxy groups -OCH3 is 2. The summed E-state index contributed by atoms with van der Waals surface area (Å²) in [6, 6.07) is 15.5. The molecule has 0 unspecified atom stereocenters. The number of amides is 1. The van der Waals surface area contributed by atoms with Gasteiger partial charge in [0.25, 0.3) is 15.9 Å². The van der Waals surface area contributed by atoms with Gasteiger partial charge in [-0.05, 0) is 42.5 Å². The summed E-state index contributed by atoms with van der Waals surface area (Å²) in [4.78, 5) is 26.8. The Morgan fingerprint density at radius 1 is 0.970 bits per heavy atom. The van der Waals surface area contributed by atoms with Crippen LogP contribution in [0.15, 0.2) is 70.4 Å². The number of sulfonamides is 1. The number of hydrogen-bond acceptors (Lipinski definition) is 7. The Morgan fingerprint density at radius 3 is 2.52 bits per heavy atom. The first-order chi connectivity index (χ1) is 15.8. The lowest BCUT2D eigenvalue weighted by Gasteiger charge is -2.15. The van der Waals surface area contributed by atoms with Gasteiger partial charge in [-0.1, -0.05) is 23.5 Å². The highest BCUT2D eigenvalue weighted by atomic mass is 32.2. The number of benzene rings is 3. The molecular formula is C22H19N3O6S2. The maximum atomic E-state index is 13.0. The zero-order chi connectivity index (χ0) is 23.6. The van der Waals surface area contributed by atoms with Crippen molar-refractivity contribution in [2.45, 2.75) is 4.90 Å². The molecule has 9 nitrogen and oxygen atoms in total. The summed E-state index contributed by atoms with van der Waals surface area (Å²) in [6.45, 7) is 0. The average molecular weight is 486 g/mol. The minimum Gasteiger partial charge on any atom is -0.497 e. The van der Waals surface area contributed by atoms with E-state index in [-0.39, 0.29) is 21.0 Å². The zero-order valence-corrected chi connectivity index (χ0v) is 19.2.